The van der Waals surface area contributed by atoms with Crippen LogP contribution in [0.5, 0.6) is 11.5 Å². The van der Waals surface area contributed by atoms with E-state index < -0.39 is 10.8 Å². The summed E-state index contributed by atoms with van der Waals surface area (Å²) in [5.74, 6) is 0.637. The SMILES string of the molecule is NC(=O)c1c(-c2ccc(Oc3ccccc3)cc2)n(-c2cccc([N+](=O)[O-])c2)c2ccnn12. The summed E-state index contributed by atoms with van der Waals surface area (Å²) in [5.41, 5.74) is 8.01. The Labute approximate surface area is 187 Å². The van der Waals surface area contributed by atoms with E-state index in [1.54, 1.807) is 47.0 Å². The number of nitrogens with two attached hydrogens (primary N) is 1. The highest BCUT2D eigenvalue weighted by Gasteiger charge is 2.25. The van der Waals surface area contributed by atoms with Crippen LogP contribution in [-0.2, 0) is 0 Å². The first kappa shape index (κ1) is 20.0. The van der Waals surface area contributed by atoms with Crippen LogP contribution < -0.4 is 10.5 Å². The Bertz CT molecular complexity index is 1490. The first-order chi connectivity index (χ1) is 16.0. The first-order valence-electron chi connectivity index (χ1n) is 9.99. The molecule has 5 aromatic rings. The van der Waals surface area contributed by atoms with E-state index in [9.17, 15) is 14.9 Å². The summed E-state index contributed by atoms with van der Waals surface area (Å²) in [6.45, 7) is 0. The van der Waals surface area contributed by atoms with Crippen molar-refractivity contribution in [2.75, 3.05) is 0 Å². The number of nitro groups is 1. The molecular weight excluding hydrogens is 422 g/mol. The molecule has 0 fully saturated rings. The van der Waals surface area contributed by atoms with Crippen LogP contribution in [0.2, 0.25) is 0 Å². The van der Waals surface area contributed by atoms with E-state index >= 15 is 0 Å². The summed E-state index contributed by atoms with van der Waals surface area (Å²) >= 11 is 0. The van der Waals surface area contributed by atoms with E-state index in [1.165, 1.54) is 22.8 Å². The van der Waals surface area contributed by atoms with E-state index in [0.29, 0.717) is 34.1 Å². The van der Waals surface area contributed by atoms with Crippen LogP contribution in [0.25, 0.3) is 22.6 Å². The standard InChI is InChI=1S/C24H17N5O4/c25-24(30)23-22(16-9-11-20(12-10-16)33-19-7-2-1-3-8-19)27(21-13-14-26-28(21)23)17-5-4-6-18(15-17)29(31)32/h1-15H,(H2,25,30). The highest BCUT2D eigenvalue weighted by Crippen LogP contribution is 2.33. The third-order valence-corrected chi connectivity index (χ3v) is 5.15. The Kier molecular flexibility index (Phi) is 4.83. The summed E-state index contributed by atoms with van der Waals surface area (Å²) in [6, 6.07) is 24.4. The number of nitrogens with zero attached hydrogens (tertiary/aromatic N) is 4. The lowest BCUT2D eigenvalue weighted by atomic mass is 10.1. The molecule has 9 heteroatoms. The predicted octanol–water partition coefficient (Wildman–Crippen LogP) is 4.59. The van der Waals surface area contributed by atoms with Crippen LogP contribution >= 0.6 is 0 Å². The van der Waals surface area contributed by atoms with Crippen molar-refractivity contribution in [2.24, 2.45) is 5.73 Å². The minimum atomic E-state index is -0.674. The average molecular weight is 439 g/mol. The third kappa shape index (κ3) is 3.57. The molecule has 33 heavy (non-hydrogen) atoms. The zero-order valence-electron chi connectivity index (χ0n) is 17.2. The van der Waals surface area contributed by atoms with Gasteiger partial charge in [0.2, 0.25) is 0 Å². The number of non-ortho nitro benzene ring substituents is 1. The van der Waals surface area contributed by atoms with Crippen molar-refractivity contribution >= 4 is 17.2 Å². The number of amides is 1. The molecule has 2 aromatic heterocycles. The van der Waals surface area contributed by atoms with Gasteiger partial charge in [-0.3, -0.25) is 19.5 Å². The fourth-order valence-electron chi connectivity index (χ4n) is 3.76. The van der Waals surface area contributed by atoms with Crippen molar-refractivity contribution in [1.29, 1.82) is 0 Å². The number of nitro benzene ring substituents is 1. The van der Waals surface area contributed by atoms with Crippen molar-refractivity contribution in [2.45, 2.75) is 0 Å². The average Bonchev–Trinajstić information content (AvgIpc) is 3.40. The summed E-state index contributed by atoms with van der Waals surface area (Å²) < 4.78 is 9.02. The zero-order chi connectivity index (χ0) is 22.9. The van der Waals surface area contributed by atoms with Crippen molar-refractivity contribution in [3.63, 3.8) is 0 Å². The van der Waals surface area contributed by atoms with Gasteiger partial charge in [0.05, 0.1) is 22.5 Å². The summed E-state index contributed by atoms with van der Waals surface area (Å²) in [4.78, 5) is 23.3. The number of carbonyl (C=O) groups excluding carboxylic acids is 1. The number of ether oxygens (including phenoxy) is 1. The fourth-order valence-corrected chi connectivity index (χ4v) is 3.76. The van der Waals surface area contributed by atoms with Crippen molar-refractivity contribution in [1.82, 2.24) is 14.2 Å². The molecule has 1 amide bonds. The van der Waals surface area contributed by atoms with E-state index in [2.05, 4.69) is 5.10 Å². The van der Waals surface area contributed by atoms with Crippen molar-refractivity contribution in [3.8, 4) is 28.4 Å². The number of aromatic nitrogens is 3. The monoisotopic (exact) mass is 439 g/mol. The van der Waals surface area contributed by atoms with Crippen LogP contribution in [0, 0.1) is 10.1 Å². The zero-order valence-corrected chi connectivity index (χ0v) is 17.2. The van der Waals surface area contributed by atoms with Gasteiger partial charge in [0.15, 0.2) is 5.69 Å². The highest BCUT2D eigenvalue weighted by atomic mass is 16.6. The molecule has 3 aromatic carbocycles. The van der Waals surface area contributed by atoms with Gasteiger partial charge in [0.1, 0.15) is 17.1 Å². The van der Waals surface area contributed by atoms with Gasteiger partial charge in [-0.15, -0.1) is 0 Å². The Morgan fingerprint density at radius 2 is 1.67 bits per heavy atom. The molecule has 5 rings (SSSR count). The molecule has 0 radical (unpaired) electrons. The van der Waals surface area contributed by atoms with Gasteiger partial charge < -0.3 is 10.5 Å². The molecule has 0 unspecified atom stereocenters. The maximum atomic E-state index is 12.5. The maximum absolute atomic E-state index is 12.5. The second-order valence-corrected chi connectivity index (χ2v) is 7.21. The van der Waals surface area contributed by atoms with Gasteiger partial charge in [-0.05, 0) is 42.5 Å². The quantitative estimate of drug-likeness (QED) is 0.307. The lowest BCUT2D eigenvalue weighted by Crippen LogP contribution is -2.15. The van der Waals surface area contributed by atoms with Gasteiger partial charge in [-0.2, -0.15) is 5.10 Å². The molecule has 0 bridgehead atoms. The fraction of sp³-hybridized carbons (Fsp3) is 0. The molecule has 0 saturated heterocycles. The Morgan fingerprint density at radius 3 is 2.36 bits per heavy atom. The Hall–Kier alpha value is -4.92. The number of carbonyl (C=O) groups is 1. The minimum Gasteiger partial charge on any atom is -0.457 e. The van der Waals surface area contributed by atoms with Gasteiger partial charge in [-0.1, -0.05) is 24.3 Å². The lowest BCUT2D eigenvalue weighted by Gasteiger charge is -2.12. The van der Waals surface area contributed by atoms with E-state index in [0.717, 1.165) is 0 Å². The summed E-state index contributed by atoms with van der Waals surface area (Å²) in [6.07, 6.45) is 1.54. The largest absolute Gasteiger partial charge is 0.457 e. The van der Waals surface area contributed by atoms with Gasteiger partial charge in [0, 0.05) is 23.8 Å². The number of para-hydroxylation sites is 1. The van der Waals surface area contributed by atoms with Crippen LogP contribution in [0.15, 0.2) is 91.1 Å². The summed E-state index contributed by atoms with van der Waals surface area (Å²) in [5, 5.41) is 15.6. The minimum absolute atomic E-state index is 0.0722. The lowest BCUT2D eigenvalue weighted by molar-refractivity contribution is -0.384. The van der Waals surface area contributed by atoms with Crippen molar-refractivity contribution < 1.29 is 14.5 Å². The molecule has 9 nitrogen and oxygen atoms in total. The van der Waals surface area contributed by atoms with Gasteiger partial charge in [0.25, 0.3) is 11.6 Å². The number of hydrogen-bond donors (Lipinski definition) is 1. The number of rotatable bonds is 6. The first-order valence-corrected chi connectivity index (χ1v) is 9.99. The molecule has 162 valence electrons. The molecular formula is C24H17N5O4. The third-order valence-electron chi connectivity index (χ3n) is 5.15. The normalized spacial score (nSPS) is 10.9. The molecule has 0 spiro atoms. The number of benzene rings is 3. The highest BCUT2D eigenvalue weighted by molar-refractivity contribution is 5.99. The second-order valence-electron chi connectivity index (χ2n) is 7.21. The number of fused-ring (bicyclic) bond motifs is 1. The van der Waals surface area contributed by atoms with Crippen LogP contribution in [0.3, 0.4) is 0 Å². The van der Waals surface area contributed by atoms with Crippen molar-refractivity contribution in [3.05, 3.63) is 107 Å². The van der Waals surface area contributed by atoms with Crippen LogP contribution in [-0.4, -0.2) is 25.0 Å². The summed E-state index contributed by atoms with van der Waals surface area (Å²) in [7, 11) is 0. The van der Waals surface area contributed by atoms with Gasteiger partial charge in [-0.25, -0.2) is 4.52 Å². The van der Waals surface area contributed by atoms with E-state index in [4.69, 9.17) is 10.5 Å². The smallest absolute Gasteiger partial charge is 0.271 e. The van der Waals surface area contributed by atoms with Crippen LogP contribution in [0.1, 0.15) is 10.5 Å². The molecule has 2 N–H and O–H groups in total. The molecule has 0 atom stereocenters. The number of hydrogen-bond acceptors (Lipinski definition) is 5. The molecule has 0 aliphatic carbocycles. The van der Waals surface area contributed by atoms with E-state index in [-0.39, 0.29) is 11.4 Å². The molecule has 0 aliphatic heterocycles. The maximum Gasteiger partial charge on any atom is 0.271 e. The number of primary amides is 1. The topological polar surface area (TPSA) is 118 Å². The molecule has 0 aliphatic rings. The Morgan fingerprint density at radius 1 is 0.939 bits per heavy atom. The predicted molar refractivity (Wildman–Crippen MR) is 122 cm³/mol. The van der Waals surface area contributed by atoms with E-state index in [1.807, 2.05) is 30.3 Å². The second kappa shape index (κ2) is 7.97. The number of imidazole rings is 1. The van der Waals surface area contributed by atoms with Crippen LogP contribution in [0.4, 0.5) is 5.69 Å². The molecule has 0 saturated carbocycles. The Balaban J connectivity index is 1.68. The molecule has 2 heterocycles. The van der Waals surface area contributed by atoms with Gasteiger partial charge >= 0.3 is 0 Å².